The molecule has 0 aromatic heterocycles. The Kier molecular flexibility index (Phi) is 7.01. The van der Waals surface area contributed by atoms with Crippen molar-refractivity contribution in [3.63, 3.8) is 0 Å². The smallest absolute Gasteiger partial charge is 0.338 e. The SMILES string of the molecule is COC(=O)c1cc(CNCC(=O)OC(C)(C)C)c(C)c(I)c1C. The van der Waals surface area contributed by atoms with Gasteiger partial charge in [0.2, 0.25) is 0 Å². The minimum absolute atomic E-state index is 0.120. The molecule has 1 N–H and O–H groups in total. The van der Waals surface area contributed by atoms with Crippen molar-refractivity contribution in [1.29, 1.82) is 0 Å². The Labute approximate surface area is 151 Å². The number of benzene rings is 1. The molecule has 0 fully saturated rings. The molecule has 0 radical (unpaired) electrons. The molecular weight excluding hydrogens is 409 g/mol. The summed E-state index contributed by atoms with van der Waals surface area (Å²) in [6.45, 7) is 10.00. The summed E-state index contributed by atoms with van der Waals surface area (Å²) < 4.78 is 11.1. The fraction of sp³-hybridized carbons (Fsp3) is 0.529. The highest BCUT2D eigenvalue weighted by molar-refractivity contribution is 14.1. The standard InChI is InChI=1S/C17H24INO4/c1-10-12(8-19-9-14(20)23-17(3,4)5)7-13(16(21)22-6)11(2)15(10)18/h7,19H,8-9H2,1-6H3. The topological polar surface area (TPSA) is 64.6 Å². The van der Waals surface area contributed by atoms with Crippen molar-refractivity contribution < 1.29 is 19.1 Å². The second-order valence-electron chi connectivity index (χ2n) is 6.33. The van der Waals surface area contributed by atoms with Gasteiger partial charge in [-0.05, 0) is 80.0 Å². The van der Waals surface area contributed by atoms with Crippen LogP contribution in [0.15, 0.2) is 6.07 Å². The van der Waals surface area contributed by atoms with Crippen molar-refractivity contribution in [3.05, 3.63) is 31.9 Å². The Balaban J connectivity index is 2.83. The van der Waals surface area contributed by atoms with Crippen LogP contribution in [0.4, 0.5) is 0 Å². The Morgan fingerprint density at radius 2 is 1.83 bits per heavy atom. The summed E-state index contributed by atoms with van der Waals surface area (Å²) in [6.07, 6.45) is 0. The van der Waals surface area contributed by atoms with Crippen molar-refractivity contribution in [3.8, 4) is 0 Å². The van der Waals surface area contributed by atoms with Crippen LogP contribution in [-0.4, -0.2) is 31.2 Å². The molecule has 0 aliphatic rings. The van der Waals surface area contributed by atoms with Crippen molar-refractivity contribution >= 4 is 34.5 Å². The molecule has 1 rings (SSSR count). The van der Waals surface area contributed by atoms with E-state index >= 15 is 0 Å². The number of ether oxygens (including phenoxy) is 2. The molecule has 0 atom stereocenters. The first-order valence-corrected chi connectivity index (χ1v) is 8.44. The van der Waals surface area contributed by atoms with Crippen LogP contribution in [0, 0.1) is 17.4 Å². The monoisotopic (exact) mass is 433 g/mol. The summed E-state index contributed by atoms with van der Waals surface area (Å²) in [7, 11) is 1.37. The zero-order chi connectivity index (χ0) is 17.8. The van der Waals surface area contributed by atoms with E-state index in [2.05, 4.69) is 27.9 Å². The molecule has 0 spiro atoms. The van der Waals surface area contributed by atoms with Crippen molar-refractivity contribution in [2.75, 3.05) is 13.7 Å². The van der Waals surface area contributed by atoms with E-state index in [0.29, 0.717) is 12.1 Å². The van der Waals surface area contributed by atoms with Gasteiger partial charge in [0.25, 0.3) is 0 Å². The van der Waals surface area contributed by atoms with E-state index < -0.39 is 5.60 Å². The number of nitrogens with one attached hydrogen (secondary N) is 1. The highest BCUT2D eigenvalue weighted by atomic mass is 127. The first kappa shape index (κ1) is 19.9. The van der Waals surface area contributed by atoms with Gasteiger partial charge in [0.05, 0.1) is 19.2 Å². The van der Waals surface area contributed by atoms with Gasteiger partial charge in [0.15, 0.2) is 0 Å². The van der Waals surface area contributed by atoms with Crippen LogP contribution < -0.4 is 5.32 Å². The third kappa shape index (κ3) is 5.76. The maximum absolute atomic E-state index is 11.9. The van der Waals surface area contributed by atoms with Crippen LogP contribution in [0.1, 0.15) is 47.8 Å². The molecule has 0 saturated carbocycles. The first-order chi connectivity index (χ1) is 10.6. The lowest BCUT2D eigenvalue weighted by molar-refractivity contribution is -0.153. The lowest BCUT2D eigenvalue weighted by Gasteiger charge is -2.20. The fourth-order valence-corrected chi connectivity index (χ4v) is 2.75. The number of carbonyl (C=O) groups is 2. The van der Waals surface area contributed by atoms with Gasteiger partial charge in [-0.1, -0.05) is 0 Å². The highest BCUT2D eigenvalue weighted by Gasteiger charge is 2.18. The highest BCUT2D eigenvalue weighted by Crippen LogP contribution is 2.24. The summed E-state index contributed by atoms with van der Waals surface area (Å²) >= 11 is 2.23. The quantitative estimate of drug-likeness (QED) is 0.571. The molecule has 0 heterocycles. The largest absolute Gasteiger partial charge is 0.465 e. The van der Waals surface area contributed by atoms with Gasteiger partial charge in [-0.25, -0.2) is 4.79 Å². The first-order valence-electron chi connectivity index (χ1n) is 7.36. The zero-order valence-corrected chi connectivity index (χ0v) is 16.7. The molecule has 0 amide bonds. The van der Waals surface area contributed by atoms with Crippen molar-refractivity contribution in [2.45, 2.75) is 46.8 Å². The van der Waals surface area contributed by atoms with Gasteiger partial charge in [-0.15, -0.1) is 0 Å². The lowest BCUT2D eigenvalue weighted by atomic mass is 10.00. The second-order valence-corrected chi connectivity index (χ2v) is 7.41. The van der Waals surface area contributed by atoms with Crippen LogP contribution in [-0.2, 0) is 20.8 Å². The average Bonchev–Trinajstić information content (AvgIpc) is 2.44. The van der Waals surface area contributed by atoms with Crippen molar-refractivity contribution in [2.24, 2.45) is 0 Å². The van der Waals surface area contributed by atoms with E-state index in [1.807, 2.05) is 40.7 Å². The van der Waals surface area contributed by atoms with Gasteiger partial charge in [0.1, 0.15) is 5.60 Å². The van der Waals surface area contributed by atoms with Gasteiger partial charge >= 0.3 is 11.9 Å². The molecule has 6 heteroatoms. The Morgan fingerprint density at radius 1 is 1.22 bits per heavy atom. The zero-order valence-electron chi connectivity index (χ0n) is 14.5. The number of methoxy groups -OCH3 is 1. The molecule has 1 aromatic carbocycles. The molecule has 0 unspecified atom stereocenters. The fourth-order valence-electron chi connectivity index (χ4n) is 2.11. The van der Waals surface area contributed by atoms with Crippen molar-refractivity contribution in [1.82, 2.24) is 5.32 Å². The number of rotatable bonds is 5. The minimum atomic E-state index is -0.494. The van der Waals surface area contributed by atoms with Crippen LogP contribution in [0.3, 0.4) is 0 Å². The summed E-state index contributed by atoms with van der Waals surface area (Å²) in [4.78, 5) is 23.6. The van der Waals surface area contributed by atoms with Crippen LogP contribution >= 0.6 is 22.6 Å². The lowest BCUT2D eigenvalue weighted by Crippen LogP contribution is -2.31. The maximum atomic E-state index is 11.9. The van der Waals surface area contributed by atoms with Crippen LogP contribution in [0.2, 0.25) is 0 Å². The van der Waals surface area contributed by atoms with E-state index in [4.69, 9.17) is 9.47 Å². The predicted molar refractivity (Wildman–Crippen MR) is 97.5 cm³/mol. The maximum Gasteiger partial charge on any atom is 0.338 e. The number of halogens is 1. The second kappa shape index (κ2) is 8.10. The Morgan fingerprint density at radius 3 is 2.35 bits per heavy atom. The Bertz CT molecular complexity index is 606. The van der Waals surface area contributed by atoms with E-state index in [1.165, 1.54) is 7.11 Å². The number of carbonyl (C=O) groups excluding carboxylic acids is 2. The molecular formula is C17H24INO4. The summed E-state index contributed by atoms with van der Waals surface area (Å²) in [6, 6.07) is 1.82. The molecule has 5 nitrogen and oxygen atoms in total. The molecule has 0 saturated heterocycles. The van der Waals surface area contributed by atoms with Crippen LogP contribution in [0.25, 0.3) is 0 Å². The number of esters is 2. The van der Waals surface area contributed by atoms with Gasteiger partial charge < -0.3 is 14.8 Å². The Hall–Kier alpha value is -1.15. The number of hydrogen-bond acceptors (Lipinski definition) is 5. The summed E-state index contributed by atoms with van der Waals surface area (Å²) in [5.41, 5.74) is 3.02. The minimum Gasteiger partial charge on any atom is -0.465 e. The van der Waals surface area contributed by atoms with Gasteiger partial charge in [-0.3, -0.25) is 4.79 Å². The van der Waals surface area contributed by atoms with E-state index in [-0.39, 0.29) is 18.5 Å². The van der Waals surface area contributed by atoms with Gasteiger partial charge in [-0.2, -0.15) is 0 Å². The van der Waals surface area contributed by atoms with Gasteiger partial charge in [0, 0.05) is 10.1 Å². The van der Waals surface area contributed by atoms with E-state index in [9.17, 15) is 9.59 Å². The number of hydrogen-bond donors (Lipinski definition) is 1. The summed E-state index contributed by atoms with van der Waals surface area (Å²) in [5, 5.41) is 3.07. The molecule has 128 valence electrons. The molecule has 0 aliphatic heterocycles. The molecule has 0 bridgehead atoms. The van der Waals surface area contributed by atoms with Crippen LogP contribution in [0.5, 0.6) is 0 Å². The third-order valence-electron chi connectivity index (χ3n) is 3.27. The van der Waals surface area contributed by atoms with E-state index in [0.717, 1.165) is 20.3 Å². The predicted octanol–water partition coefficient (Wildman–Crippen LogP) is 3.13. The molecule has 23 heavy (non-hydrogen) atoms. The molecule has 0 aliphatic carbocycles. The normalized spacial score (nSPS) is 11.3. The van der Waals surface area contributed by atoms with E-state index in [1.54, 1.807) is 0 Å². The third-order valence-corrected chi connectivity index (χ3v) is 4.89. The summed E-state index contributed by atoms with van der Waals surface area (Å²) in [5.74, 6) is -0.654. The average molecular weight is 433 g/mol. The molecule has 1 aromatic rings.